The third kappa shape index (κ3) is 5.97. The van der Waals surface area contributed by atoms with Crippen LogP contribution >= 0.6 is 0 Å². The van der Waals surface area contributed by atoms with Crippen molar-refractivity contribution in [3.05, 3.63) is 59.4 Å². The molecular formula is C25H34N2O3. The maximum Gasteiger partial charge on any atom is 0.197 e. The number of unbranched alkanes of at least 4 members (excludes halogenated alkanes) is 4. The van der Waals surface area contributed by atoms with Crippen molar-refractivity contribution in [2.75, 3.05) is 0 Å². The molecule has 30 heavy (non-hydrogen) atoms. The standard InChI is InChI=1S/C25H34N2O3/c1-5-6-7-8-9-14-23-26-16-18(29-23)15-22-20(17-27-25(2,3)4)24(28)19-12-10-11-13-21(19)30-22/h10-13,16-17,22,27H,5-9,14-15H2,1-4H3/b20-17-. The normalized spacial score (nSPS) is 17.7. The molecule has 0 amide bonds. The van der Waals surface area contributed by atoms with E-state index in [9.17, 15) is 4.79 Å². The number of oxazole rings is 1. The van der Waals surface area contributed by atoms with Gasteiger partial charge in [-0.15, -0.1) is 0 Å². The van der Waals surface area contributed by atoms with Crippen LogP contribution in [0.3, 0.4) is 0 Å². The van der Waals surface area contributed by atoms with E-state index in [1.165, 1.54) is 25.7 Å². The predicted molar refractivity (Wildman–Crippen MR) is 119 cm³/mol. The Balaban J connectivity index is 1.72. The van der Waals surface area contributed by atoms with Crippen molar-refractivity contribution in [1.29, 1.82) is 0 Å². The molecule has 0 spiro atoms. The summed E-state index contributed by atoms with van der Waals surface area (Å²) in [6.07, 6.45) is 10.6. The first-order valence-corrected chi connectivity index (χ1v) is 11.1. The number of fused-ring (bicyclic) bond motifs is 1. The van der Waals surface area contributed by atoms with Gasteiger partial charge >= 0.3 is 0 Å². The van der Waals surface area contributed by atoms with Gasteiger partial charge in [0.1, 0.15) is 17.6 Å². The highest BCUT2D eigenvalue weighted by Crippen LogP contribution is 2.32. The molecule has 0 fully saturated rings. The number of aryl methyl sites for hydroxylation is 1. The Labute approximate surface area is 179 Å². The molecule has 0 radical (unpaired) electrons. The van der Waals surface area contributed by atoms with Crippen molar-refractivity contribution in [3.8, 4) is 5.75 Å². The minimum absolute atomic E-state index is 0.00531. The molecule has 1 atom stereocenters. The van der Waals surface area contributed by atoms with E-state index in [2.05, 4.69) is 38.0 Å². The number of ketones is 1. The molecule has 162 valence electrons. The first-order valence-electron chi connectivity index (χ1n) is 11.1. The monoisotopic (exact) mass is 410 g/mol. The molecular weight excluding hydrogens is 376 g/mol. The Morgan fingerprint density at radius 3 is 2.67 bits per heavy atom. The third-order valence-corrected chi connectivity index (χ3v) is 5.15. The second-order valence-corrected chi connectivity index (χ2v) is 9.01. The number of carbonyl (C=O) groups excluding carboxylic acids is 1. The second-order valence-electron chi connectivity index (χ2n) is 9.01. The van der Waals surface area contributed by atoms with E-state index < -0.39 is 6.10 Å². The van der Waals surface area contributed by atoms with Crippen molar-refractivity contribution < 1.29 is 13.9 Å². The van der Waals surface area contributed by atoms with Crippen LogP contribution in [0, 0.1) is 0 Å². The fourth-order valence-corrected chi connectivity index (χ4v) is 3.50. The maximum atomic E-state index is 13.1. The van der Waals surface area contributed by atoms with Crippen molar-refractivity contribution in [3.63, 3.8) is 0 Å². The molecule has 1 N–H and O–H groups in total. The van der Waals surface area contributed by atoms with Crippen LogP contribution in [0.5, 0.6) is 5.75 Å². The van der Waals surface area contributed by atoms with E-state index in [1.54, 1.807) is 12.4 Å². The Morgan fingerprint density at radius 2 is 1.90 bits per heavy atom. The summed E-state index contributed by atoms with van der Waals surface area (Å²) in [7, 11) is 0. The fourth-order valence-electron chi connectivity index (χ4n) is 3.50. The Bertz CT molecular complexity index is 877. The van der Waals surface area contributed by atoms with E-state index in [0.717, 1.165) is 24.5 Å². The van der Waals surface area contributed by atoms with Gasteiger partial charge in [-0.2, -0.15) is 0 Å². The second kappa shape index (κ2) is 9.96. The number of carbonyl (C=O) groups is 1. The molecule has 0 saturated heterocycles. The van der Waals surface area contributed by atoms with Gasteiger partial charge in [0.15, 0.2) is 11.7 Å². The Kier molecular flexibility index (Phi) is 7.35. The van der Waals surface area contributed by atoms with Gasteiger partial charge in [0, 0.05) is 24.6 Å². The number of hydrogen-bond acceptors (Lipinski definition) is 5. The van der Waals surface area contributed by atoms with Crippen LogP contribution in [0.4, 0.5) is 0 Å². The summed E-state index contributed by atoms with van der Waals surface area (Å²) >= 11 is 0. The zero-order chi connectivity index (χ0) is 21.6. The number of hydrogen-bond donors (Lipinski definition) is 1. The van der Waals surface area contributed by atoms with E-state index in [0.29, 0.717) is 23.3 Å². The first-order chi connectivity index (χ1) is 14.4. The van der Waals surface area contributed by atoms with Crippen LogP contribution in [0.1, 0.15) is 81.8 Å². The molecule has 0 bridgehead atoms. The minimum Gasteiger partial charge on any atom is -0.484 e. The van der Waals surface area contributed by atoms with Gasteiger partial charge in [0.2, 0.25) is 0 Å². The lowest BCUT2D eigenvalue weighted by Gasteiger charge is -2.28. The van der Waals surface area contributed by atoms with Gasteiger partial charge in [0.25, 0.3) is 0 Å². The predicted octanol–water partition coefficient (Wildman–Crippen LogP) is 5.65. The average molecular weight is 411 g/mol. The van der Waals surface area contributed by atoms with Gasteiger partial charge in [0.05, 0.1) is 17.3 Å². The van der Waals surface area contributed by atoms with Crippen molar-refractivity contribution >= 4 is 5.78 Å². The van der Waals surface area contributed by atoms with Crippen molar-refractivity contribution in [2.24, 2.45) is 0 Å². The molecule has 1 unspecified atom stereocenters. The third-order valence-electron chi connectivity index (χ3n) is 5.15. The van der Waals surface area contributed by atoms with Gasteiger partial charge in [-0.05, 0) is 39.3 Å². The first kappa shape index (κ1) is 22.1. The molecule has 2 aromatic rings. The lowest BCUT2D eigenvalue weighted by molar-refractivity contribution is 0.0956. The smallest absolute Gasteiger partial charge is 0.197 e. The van der Waals surface area contributed by atoms with Crippen LogP contribution < -0.4 is 10.1 Å². The molecule has 1 aliphatic rings. The van der Waals surface area contributed by atoms with Crippen LogP contribution in [0.15, 0.2) is 46.7 Å². The number of para-hydroxylation sites is 1. The molecule has 2 heterocycles. The number of Topliss-reactive ketones (excluding diaryl/α,β-unsaturated/α-hetero) is 1. The Hall–Kier alpha value is -2.56. The van der Waals surface area contributed by atoms with E-state index >= 15 is 0 Å². The van der Waals surface area contributed by atoms with Gasteiger partial charge in [-0.3, -0.25) is 4.79 Å². The summed E-state index contributed by atoms with van der Waals surface area (Å²) in [4.78, 5) is 17.6. The lowest BCUT2D eigenvalue weighted by atomic mass is 9.93. The van der Waals surface area contributed by atoms with Gasteiger partial charge < -0.3 is 14.5 Å². The molecule has 5 heteroatoms. The number of benzene rings is 1. The number of nitrogens with one attached hydrogen (secondary N) is 1. The molecule has 0 aliphatic carbocycles. The highest BCUT2D eigenvalue weighted by atomic mass is 16.5. The quantitative estimate of drug-likeness (QED) is 0.428. The molecule has 1 aliphatic heterocycles. The highest BCUT2D eigenvalue weighted by Gasteiger charge is 2.33. The highest BCUT2D eigenvalue weighted by molar-refractivity contribution is 6.12. The van der Waals surface area contributed by atoms with Crippen molar-refractivity contribution in [2.45, 2.75) is 84.3 Å². The SMILES string of the molecule is CCCCCCCc1ncc(CC2Oc3ccccc3C(=O)/C2=C\NC(C)(C)C)o1. The summed E-state index contributed by atoms with van der Waals surface area (Å²) in [5.41, 5.74) is 1.06. The number of rotatable bonds is 9. The van der Waals surface area contributed by atoms with E-state index in [4.69, 9.17) is 9.15 Å². The molecule has 5 nitrogen and oxygen atoms in total. The number of ether oxygens (including phenoxy) is 1. The van der Waals surface area contributed by atoms with Gasteiger partial charge in [-0.1, -0.05) is 44.7 Å². The minimum atomic E-state index is -0.410. The largest absolute Gasteiger partial charge is 0.484 e. The molecule has 3 rings (SSSR count). The lowest BCUT2D eigenvalue weighted by Crippen LogP contribution is -2.37. The Morgan fingerprint density at radius 1 is 1.13 bits per heavy atom. The average Bonchev–Trinajstić information content (AvgIpc) is 3.14. The molecule has 1 aromatic carbocycles. The summed E-state index contributed by atoms with van der Waals surface area (Å²) < 4.78 is 12.2. The molecule has 0 saturated carbocycles. The molecule has 1 aromatic heterocycles. The summed E-state index contributed by atoms with van der Waals surface area (Å²) in [6.45, 7) is 8.40. The topological polar surface area (TPSA) is 64.4 Å². The fraction of sp³-hybridized carbons (Fsp3) is 0.520. The zero-order valence-corrected chi connectivity index (χ0v) is 18.7. The van der Waals surface area contributed by atoms with Crippen LogP contribution in [-0.4, -0.2) is 22.4 Å². The van der Waals surface area contributed by atoms with Crippen molar-refractivity contribution in [1.82, 2.24) is 10.3 Å². The van der Waals surface area contributed by atoms with Crippen LogP contribution in [0.2, 0.25) is 0 Å². The van der Waals surface area contributed by atoms with Crippen LogP contribution in [0.25, 0.3) is 0 Å². The summed E-state index contributed by atoms with van der Waals surface area (Å²) in [6, 6.07) is 7.40. The number of nitrogens with zero attached hydrogens (tertiary/aromatic N) is 1. The maximum absolute atomic E-state index is 13.1. The summed E-state index contributed by atoms with van der Waals surface area (Å²) in [5, 5.41) is 3.31. The zero-order valence-electron chi connectivity index (χ0n) is 18.7. The van der Waals surface area contributed by atoms with E-state index in [1.807, 2.05) is 24.3 Å². The summed E-state index contributed by atoms with van der Waals surface area (Å²) in [5.74, 6) is 2.13. The van der Waals surface area contributed by atoms with Crippen LogP contribution in [-0.2, 0) is 12.8 Å². The number of aromatic nitrogens is 1. The van der Waals surface area contributed by atoms with E-state index in [-0.39, 0.29) is 11.3 Å². The van der Waals surface area contributed by atoms with Gasteiger partial charge in [-0.25, -0.2) is 4.98 Å².